The van der Waals surface area contributed by atoms with E-state index < -0.39 is 34.9 Å². The number of carboxylic acid groups (broad SMARTS) is 2. The number of aliphatic carboxylic acids is 2. The third kappa shape index (κ3) is 18.2. The normalized spacial score (nSPS) is 22.9. The number of carbonyl (C=O) groups is 2. The molecule has 4 unspecified atom stereocenters. The molecule has 2 aromatic heterocycles. The molecule has 4 atom stereocenters. The molecule has 6 N–H and O–H groups in total. The average molecular weight is 1760 g/mol. The molecule has 0 radical (unpaired) electrons. The Kier molecular flexibility index (Phi) is 31.5. The summed E-state index contributed by atoms with van der Waals surface area (Å²) in [5, 5.41) is 35.1. The number of methoxy groups -OCH3 is 4. The number of ether oxygens (including phenoxy) is 4. The van der Waals surface area contributed by atoms with Gasteiger partial charge in [-0.15, -0.1) is 0 Å². The minimum atomic E-state index is -1.30. The molecular weight excluding hydrogens is 1620 g/mol. The molecule has 4 aromatic carbocycles. The monoisotopic (exact) mass is 1750 g/mol. The van der Waals surface area contributed by atoms with E-state index in [1.54, 1.807) is 28.4 Å². The molecule has 16 nitrogen and oxygen atoms in total. The Morgan fingerprint density at radius 3 is 0.961 bits per heavy atom. The van der Waals surface area contributed by atoms with Gasteiger partial charge in [0.25, 0.3) is 0 Å². The number of para-hydroxylation sites is 4. The van der Waals surface area contributed by atoms with E-state index in [2.05, 4.69) is 178 Å². The van der Waals surface area contributed by atoms with Crippen LogP contribution < -0.4 is 51.0 Å². The summed E-state index contributed by atoms with van der Waals surface area (Å²) in [6.07, 6.45) is 30.9. The molecule has 0 saturated carbocycles. The molecule has 0 saturated heterocycles. The Morgan fingerprint density at radius 2 is 0.661 bits per heavy atom. The van der Waals surface area contributed by atoms with Gasteiger partial charge in [0, 0.05) is 83.1 Å². The Labute approximate surface area is 764 Å². The third-order valence-electron chi connectivity index (χ3n) is 27.8. The number of benzene rings is 4. The van der Waals surface area contributed by atoms with Crippen molar-refractivity contribution in [1.29, 1.82) is 0 Å². The van der Waals surface area contributed by atoms with E-state index in [9.17, 15) is 19.8 Å². The van der Waals surface area contributed by atoms with Gasteiger partial charge in [0.15, 0.2) is 0 Å². The van der Waals surface area contributed by atoms with Crippen LogP contribution in [-0.2, 0) is 38.9 Å². The number of H-pyrrole nitrogens is 2. The maximum absolute atomic E-state index is 14.1. The van der Waals surface area contributed by atoms with Crippen LogP contribution in [0.2, 0.25) is 0 Å². The van der Waals surface area contributed by atoms with Gasteiger partial charge < -0.3 is 49.8 Å². The average Bonchev–Trinajstić information content (AvgIpc) is 1.57. The van der Waals surface area contributed by atoms with Crippen LogP contribution in [0, 0.1) is 24.7 Å². The van der Waals surface area contributed by atoms with Gasteiger partial charge >= 0.3 is 11.9 Å². The molecule has 16 bridgehead atoms. The van der Waals surface area contributed by atoms with E-state index in [-0.39, 0.29) is 16.5 Å². The summed E-state index contributed by atoms with van der Waals surface area (Å²) in [5.41, 5.74) is 29.3. The fourth-order valence-electron chi connectivity index (χ4n) is 19.9. The zero-order valence-corrected chi connectivity index (χ0v) is 80.1. The summed E-state index contributed by atoms with van der Waals surface area (Å²) >= 11 is 0. The van der Waals surface area contributed by atoms with Crippen molar-refractivity contribution in [3.05, 3.63) is 265 Å². The third-order valence-corrected chi connectivity index (χ3v) is 27.8. The predicted octanol–water partition coefficient (Wildman–Crippen LogP) is 22.8. The number of nitrogens with zero attached hydrogens (tertiary/aromatic N) is 4. The van der Waals surface area contributed by atoms with Gasteiger partial charge in [-0.1, -0.05) is 180 Å². The maximum atomic E-state index is 14.1. The SMILES string of the molecule is CCCCC1=C(C)C2=NC/1=C(/c1ccccc1OC)C1=C(CCCC)C(C)(C(=O)O)C(\C=C3/N=C(C(CCCC)=C3C)/C(c3ccccc3OC)=c3\[nH]/c(c(C)c3CCCC)=C\2)N1.CCCCC1=C(C)C2=NC/1=C(/c1ccccc1OC)C1=C(CCCC)C(C)(C(=O)O)C(\C=C3/N=C(C(CCCC)=C3C)/C(c3ccccc3OC)=c3\[nH]/c(c(C)c3CCCC)=C\2)N1.[Ni]. The van der Waals surface area contributed by atoms with Crippen molar-refractivity contribution in [3.63, 3.8) is 0 Å². The fraction of sp³-hybridized carbons (Fsp3) is 0.436. The molecule has 674 valence electrons. The van der Waals surface area contributed by atoms with Gasteiger partial charge in [0.2, 0.25) is 0 Å². The first-order valence-corrected chi connectivity index (χ1v) is 46.9. The minimum absolute atomic E-state index is 0. The summed E-state index contributed by atoms with van der Waals surface area (Å²) in [7, 11) is 6.88. The first-order valence-electron chi connectivity index (χ1n) is 46.9. The van der Waals surface area contributed by atoms with Gasteiger partial charge in [0.1, 0.15) is 33.8 Å². The Balaban J connectivity index is 0.000000229. The number of nitrogens with one attached hydrogen (secondary N) is 4. The van der Waals surface area contributed by atoms with Gasteiger partial charge in [-0.05, 0) is 285 Å². The quantitative estimate of drug-likeness (QED) is 0.0210. The van der Waals surface area contributed by atoms with Crippen LogP contribution in [0.5, 0.6) is 23.0 Å². The van der Waals surface area contributed by atoms with Crippen molar-refractivity contribution in [1.82, 2.24) is 20.6 Å². The number of fused-ring (bicyclic) bond motifs is 12. The van der Waals surface area contributed by atoms with Crippen LogP contribution in [0.15, 0.2) is 219 Å². The molecule has 6 aromatic rings. The van der Waals surface area contributed by atoms with Gasteiger partial charge in [-0.3, -0.25) is 9.59 Å². The van der Waals surface area contributed by atoms with Crippen LogP contribution in [0.4, 0.5) is 0 Å². The predicted molar refractivity (Wildman–Crippen MR) is 520 cm³/mol. The van der Waals surface area contributed by atoms with Crippen molar-refractivity contribution >= 4 is 69.2 Å². The largest absolute Gasteiger partial charge is 0.496 e. The Hall–Kier alpha value is -10.8. The van der Waals surface area contributed by atoms with Gasteiger partial charge in [-0.25, -0.2) is 20.0 Å². The first kappa shape index (κ1) is 95.3. The van der Waals surface area contributed by atoms with E-state index in [1.165, 1.54) is 44.5 Å². The van der Waals surface area contributed by atoms with Gasteiger partial charge in [-0.2, -0.15) is 0 Å². The zero-order valence-electron chi connectivity index (χ0n) is 79.1. The van der Waals surface area contributed by atoms with Crippen molar-refractivity contribution < 1.29 is 55.2 Å². The minimum Gasteiger partial charge on any atom is -0.496 e. The summed E-state index contributed by atoms with van der Waals surface area (Å²) in [5.74, 6) is 1.24. The molecule has 14 rings (SSSR count). The van der Waals surface area contributed by atoms with Gasteiger partial charge in [0.05, 0.1) is 96.9 Å². The van der Waals surface area contributed by atoms with Crippen LogP contribution in [0.25, 0.3) is 34.4 Å². The second-order valence-electron chi connectivity index (χ2n) is 35.5. The molecule has 0 aliphatic carbocycles. The number of rotatable bonds is 34. The number of aliphatic imine (C=N–C) groups is 4. The number of aromatic nitrogens is 2. The molecule has 0 spiro atoms. The topological polar surface area (TPSA) is 217 Å². The summed E-state index contributed by atoms with van der Waals surface area (Å²) < 4.78 is 24.5. The van der Waals surface area contributed by atoms with Crippen LogP contribution in [-0.4, -0.2) is 95.5 Å². The molecule has 10 heterocycles. The summed E-state index contributed by atoms with van der Waals surface area (Å²) in [6.45, 7) is 34.8. The molecule has 8 aliphatic rings. The molecule has 0 amide bonds. The number of aromatic amines is 2. The van der Waals surface area contributed by atoms with Crippen molar-refractivity contribution in [3.8, 4) is 23.0 Å². The van der Waals surface area contributed by atoms with Crippen LogP contribution in [0.1, 0.15) is 283 Å². The Bertz CT molecular complexity index is 5660. The maximum Gasteiger partial charge on any atom is 0.316 e. The summed E-state index contributed by atoms with van der Waals surface area (Å²) in [6, 6.07) is 31.5. The van der Waals surface area contributed by atoms with Crippen molar-refractivity contribution in [2.75, 3.05) is 28.4 Å². The number of hydrogen-bond acceptors (Lipinski definition) is 12. The standard InChI is InChI=1S/2C55H68N4O4.Ni/c2*1-11-15-23-36-33(5)42-31-43-34(6)37(24-16-12-2)52(57-43)49(40-27-20-22-30-46(40)63-10)53-41(28-18-14-4)55(8,54(60)61)47(59-53)32-44-35(7)38(25-17-13-3)51(58-44)48(50(36)56-42)39-26-19-21-29-45(39)62-9;/h2*19-22,26-27,29-32,47,56,59H,11-18,23-25,28H2,1-10H3,(H,60,61);/b2*42-31-,44-32-,50-48-,52-49-;. The van der Waals surface area contributed by atoms with E-state index in [1.807, 2.05) is 74.5 Å². The van der Waals surface area contributed by atoms with E-state index in [4.69, 9.17) is 38.9 Å². The second kappa shape index (κ2) is 42.0. The smallest absolute Gasteiger partial charge is 0.316 e. The fourth-order valence-corrected chi connectivity index (χ4v) is 19.9. The van der Waals surface area contributed by atoms with E-state index in [0.717, 1.165) is 309 Å². The first-order chi connectivity index (χ1) is 61.0. The van der Waals surface area contributed by atoms with E-state index >= 15 is 0 Å². The second-order valence-corrected chi connectivity index (χ2v) is 35.5. The van der Waals surface area contributed by atoms with Crippen molar-refractivity contribution in [2.45, 2.75) is 277 Å². The van der Waals surface area contributed by atoms with Crippen LogP contribution >= 0.6 is 0 Å². The molecular formula is C110H136N8NiO8. The molecule has 127 heavy (non-hydrogen) atoms. The number of unbranched alkanes of at least 4 members (excludes halogenated alkanes) is 8. The number of carboxylic acids is 2. The zero-order chi connectivity index (χ0) is 90.0. The summed E-state index contributed by atoms with van der Waals surface area (Å²) in [4.78, 5) is 58.9. The molecule has 0 fully saturated rings. The number of allylic oxidation sites excluding steroid dienone is 10. The van der Waals surface area contributed by atoms with E-state index in [0.29, 0.717) is 24.3 Å². The van der Waals surface area contributed by atoms with Crippen molar-refractivity contribution in [2.24, 2.45) is 30.8 Å². The molecule has 17 heteroatoms. The Morgan fingerprint density at radius 1 is 0.378 bits per heavy atom. The molecule has 8 aliphatic heterocycles. The van der Waals surface area contributed by atoms with Crippen LogP contribution in [0.3, 0.4) is 0 Å². The number of hydrogen-bond donors (Lipinski definition) is 6.